The lowest BCUT2D eigenvalue weighted by Gasteiger charge is -2.07. The molecule has 0 rings (SSSR count). The molecule has 6 nitrogen and oxygen atoms in total. The predicted molar refractivity (Wildman–Crippen MR) is 48.8 cm³/mol. The van der Waals surface area contributed by atoms with E-state index >= 15 is 0 Å². The van der Waals surface area contributed by atoms with Crippen molar-refractivity contribution in [2.24, 2.45) is 0 Å². The molecule has 6 heteroatoms. The summed E-state index contributed by atoms with van der Waals surface area (Å²) in [6.07, 6.45) is 0.969. The van der Waals surface area contributed by atoms with Crippen LogP contribution < -0.4 is 5.32 Å². The van der Waals surface area contributed by atoms with E-state index in [9.17, 15) is 9.59 Å². The largest absolute Gasteiger partial charge is 0.479 e. The molecule has 0 fully saturated rings. The van der Waals surface area contributed by atoms with E-state index in [2.05, 4.69) is 10.1 Å². The molecule has 0 aliphatic rings. The molecular formula is C8H13N3O3. The Morgan fingerprint density at radius 3 is 2.43 bits per heavy atom. The maximum atomic E-state index is 10.7. The molecule has 1 atom stereocenters. The molecule has 0 radical (unpaired) electrons. The van der Waals surface area contributed by atoms with Gasteiger partial charge < -0.3 is 16.0 Å². The summed E-state index contributed by atoms with van der Waals surface area (Å²) < 4.78 is 0. The number of hydrogen-bond acceptors (Lipinski definition) is 2. The van der Waals surface area contributed by atoms with Gasteiger partial charge in [-0.05, 0) is 6.42 Å². The van der Waals surface area contributed by atoms with E-state index in [4.69, 9.17) is 10.6 Å². The van der Waals surface area contributed by atoms with Gasteiger partial charge in [-0.15, -0.1) is 0 Å². The van der Waals surface area contributed by atoms with Crippen molar-refractivity contribution in [1.29, 1.82) is 0 Å². The fourth-order valence-corrected chi connectivity index (χ4v) is 0.999. The molecule has 2 N–H and O–H groups in total. The molecule has 0 aromatic carbocycles. The number of nitrogens with zero attached hydrogens (tertiary/aromatic N) is 2. The van der Waals surface area contributed by atoms with Gasteiger partial charge in [0.1, 0.15) is 0 Å². The zero-order valence-corrected chi connectivity index (χ0v) is 8.15. The summed E-state index contributed by atoms with van der Waals surface area (Å²) in [6.45, 7) is 3.02. The van der Waals surface area contributed by atoms with Crippen LogP contribution >= 0.6 is 0 Å². The zero-order chi connectivity index (χ0) is 11.1. The average molecular weight is 199 g/mol. The minimum Gasteiger partial charge on any atom is -0.479 e. The summed E-state index contributed by atoms with van der Waals surface area (Å²) in [7, 11) is 0. The molecule has 0 aliphatic heterocycles. The first-order valence-electron chi connectivity index (χ1n) is 4.23. The van der Waals surface area contributed by atoms with Crippen LogP contribution in [0.5, 0.6) is 0 Å². The second-order valence-corrected chi connectivity index (χ2v) is 2.81. The van der Waals surface area contributed by atoms with E-state index < -0.39 is 17.9 Å². The molecule has 1 amide bonds. The molecule has 0 aromatic heterocycles. The Hall–Kier alpha value is -1.68. The fraction of sp³-hybridized carbons (Fsp3) is 0.625. The Bertz CT molecular complexity index is 282. The highest BCUT2D eigenvalue weighted by Crippen LogP contribution is 1.96. The van der Waals surface area contributed by atoms with E-state index in [0.717, 1.165) is 0 Å². The fourth-order valence-electron chi connectivity index (χ4n) is 0.999. The minimum atomic E-state index is -1.24. The van der Waals surface area contributed by atoms with Crippen LogP contribution in [-0.4, -0.2) is 33.5 Å². The third kappa shape index (κ3) is 3.82. The topological polar surface area (TPSA) is 103 Å². The second kappa shape index (κ2) is 5.88. The lowest BCUT2D eigenvalue weighted by Crippen LogP contribution is -2.46. The van der Waals surface area contributed by atoms with Gasteiger partial charge in [-0.2, -0.15) is 4.79 Å². The number of hydrogen-bond donors (Lipinski definition) is 2. The first-order chi connectivity index (χ1) is 6.52. The third-order valence-electron chi connectivity index (χ3n) is 1.56. The number of rotatable bonds is 5. The van der Waals surface area contributed by atoms with Gasteiger partial charge >= 0.3 is 11.7 Å². The maximum absolute atomic E-state index is 10.7. The third-order valence-corrected chi connectivity index (χ3v) is 1.56. The van der Waals surface area contributed by atoms with Crippen molar-refractivity contribution < 1.29 is 19.5 Å². The van der Waals surface area contributed by atoms with E-state index in [1.165, 1.54) is 6.92 Å². The summed E-state index contributed by atoms with van der Waals surface area (Å²) in [5.41, 5.74) is 8.61. The van der Waals surface area contributed by atoms with Crippen LogP contribution in [0.15, 0.2) is 0 Å². The molecular weight excluding hydrogens is 186 g/mol. The number of amides is 1. The molecule has 14 heavy (non-hydrogen) atoms. The van der Waals surface area contributed by atoms with Gasteiger partial charge in [0, 0.05) is 13.3 Å². The highest BCUT2D eigenvalue weighted by Gasteiger charge is 2.30. The van der Waals surface area contributed by atoms with Crippen molar-refractivity contribution >= 4 is 17.6 Å². The summed E-state index contributed by atoms with van der Waals surface area (Å²) in [5, 5.41) is 10.9. The first-order valence-corrected chi connectivity index (χ1v) is 4.23. The van der Waals surface area contributed by atoms with Crippen LogP contribution in [0.1, 0.15) is 26.7 Å². The van der Waals surface area contributed by atoms with E-state index in [-0.39, 0.29) is 5.71 Å². The molecule has 0 bridgehead atoms. The van der Waals surface area contributed by atoms with Crippen molar-refractivity contribution in [3.8, 4) is 0 Å². The summed E-state index contributed by atoms with van der Waals surface area (Å²) in [6, 6.07) is -1.24. The van der Waals surface area contributed by atoms with Crippen molar-refractivity contribution in [3.05, 3.63) is 5.53 Å². The Labute approximate surface area is 81.5 Å². The number of carboxylic acid groups (broad SMARTS) is 1. The number of carboxylic acids is 1. The van der Waals surface area contributed by atoms with Gasteiger partial charge in [0.15, 0.2) is 0 Å². The SMILES string of the molecule is CCCC(=[N+]=[N-])[C@H](NC(C)=O)C(=O)O. The van der Waals surface area contributed by atoms with E-state index in [1.54, 1.807) is 0 Å². The molecule has 0 saturated carbocycles. The van der Waals surface area contributed by atoms with E-state index in [1.807, 2.05) is 6.92 Å². The monoisotopic (exact) mass is 199 g/mol. The molecule has 78 valence electrons. The zero-order valence-electron chi connectivity index (χ0n) is 8.15. The Morgan fingerprint density at radius 1 is 1.57 bits per heavy atom. The van der Waals surface area contributed by atoms with Gasteiger partial charge in [-0.3, -0.25) is 4.79 Å². The van der Waals surface area contributed by atoms with Gasteiger partial charge in [0.05, 0.1) is 0 Å². The molecule has 0 unspecified atom stereocenters. The van der Waals surface area contributed by atoms with Crippen LogP contribution in [0.25, 0.3) is 5.53 Å². The van der Waals surface area contributed by atoms with Crippen LogP contribution in [-0.2, 0) is 9.59 Å². The number of nitrogens with one attached hydrogen (secondary N) is 1. The van der Waals surface area contributed by atoms with Crippen LogP contribution in [0.4, 0.5) is 0 Å². The smallest absolute Gasteiger partial charge is 0.338 e. The van der Waals surface area contributed by atoms with Crippen LogP contribution in [0, 0.1) is 0 Å². The minimum absolute atomic E-state index is 0.0511. The highest BCUT2D eigenvalue weighted by atomic mass is 16.4. The Kier molecular flexibility index (Phi) is 5.17. The lowest BCUT2D eigenvalue weighted by molar-refractivity contribution is -0.140. The van der Waals surface area contributed by atoms with E-state index in [0.29, 0.717) is 12.8 Å². The number of carbonyl (C=O) groups excluding carboxylic acids is 1. The van der Waals surface area contributed by atoms with Crippen molar-refractivity contribution in [2.45, 2.75) is 32.7 Å². The summed E-state index contributed by atoms with van der Waals surface area (Å²) in [4.78, 5) is 24.2. The summed E-state index contributed by atoms with van der Waals surface area (Å²) in [5.74, 6) is -1.71. The summed E-state index contributed by atoms with van der Waals surface area (Å²) >= 11 is 0. The maximum Gasteiger partial charge on any atom is 0.338 e. The van der Waals surface area contributed by atoms with Crippen molar-refractivity contribution in [2.75, 3.05) is 0 Å². The van der Waals surface area contributed by atoms with Crippen LogP contribution in [0.2, 0.25) is 0 Å². The van der Waals surface area contributed by atoms with Gasteiger partial charge in [-0.1, -0.05) is 6.92 Å². The molecule has 0 heterocycles. The predicted octanol–water partition coefficient (Wildman–Crippen LogP) is 0.0466. The second-order valence-electron chi connectivity index (χ2n) is 2.81. The molecule has 0 spiro atoms. The number of carbonyl (C=O) groups is 2. The number of aliphatic carboxylic acids is 1. The lowest BCUT2D eigenvalue weighted by atomic mass is 10.1. The molecule has 0 saturated heterocycles. The van der Waals surface area contributed by atoms with Gasteiger partial charge in [0.25, 0.3) is 0 Å². The van der Waals surface area contributed by atoms with Gasteiger partial charge in [0.2, 0.25) is 11.9 Å². The normalized spacial score (nSPS) is 11.3. The quantitative estimate of drug-likeness (QED) is 0.371. The van der Waals surface area contributed by atoms with Crippen LogP contribution in [0.3, 0.4) is 0 Å². The Balaban J connectivity index is 4.70. The Morgan fingerprint density at radius 2 is 2.14 bits per heavy atom. The molecule has 0 aromatic rings. The van der Waals surface area contributed by atoms with Crippen molar-refractivity contribution in [3.63, 3.8) is 0 Å². The first kappa shape index (κ1) is 12.3. The van der Waals surface area contributed by atoms with Crippen molar-refractivity contribution in [1.82, 2.24) is 5.32 Å². The highest BCUT2D eigenvalue weighted by molar-refractivity contribution is 6.05. The average Bonchev–Trinajstić information content (AvgIpc) is 2.10. The van der Waals surface area contributed by atoms with Gasteiger partial charge in [-0.25, -0.2) is 4.79 Å². The molecule has 0 aliphatic carbocycles. The standard InChI is InChI=1S/C8H13N3O3/c1-3-4-6(11-9)7(8(13)14)10-5(2)12/h7H,3-4H2,1-2H3,(H,10,12)(H,13,14)/t7-/m0/s1.